The van der Waals surface area contributed by atoms with Gasteiger partial charge in [-0.25, -0.2) is 13.4 Å². The lowest BCUT2D eigenvalue weighted by Gasteiger charge is -2.33. The molecule has 114 valence electrons. The summed E-state index contributed by atoms with van der Waals surface area (Å²) >= 11 is 6.71. The Morgan fingerprint density at radius 1 is 1.57 bits per heavy atom. The van der Waals surface area contributed by atoms with Crippen molar-refractivity contribution >= 4 is 41.3 Å². The Morgan fingerprint density at radius 2 is 2.29 bits per heavy atom. The van der Waals surface area contributed by atoms with Crippen molar-refractivity contribution in [3.63, 3.8) is 0 Å². The molecule has 0 aliphatic carbocycles. The van der Waals surface area contributed by atoms with Gasteiger partial charge >= 0.3 is 5.97 Å². The molecule has 1 aliphatic heterocycles. The van der Waals surface area contributed by atoms with E-state index in [1.165, 1.54) is 12.1 Å². The van der Waals surface area contributed by atoms with Crippen LogP contribution in [-0.4, -0.2) is 40.4 Å². The maximum absolute atomic E-state index is 13.1. The predicted octanol–water partition coefficient (Wildman–Crippen LogP) is 1.73. The molecular formula is C12H13ClFN3O3S. The number of hydrogen-bond acceptors (Lipinski definition) is 5. The Morgan fingerprint density at radius 3 is 2.90 bits per heavy atom. The highest BCUT2D eigenvalue weighted by molar-refractivity contribution is 7.95. The van der Waals surface area contributed by atoms with Gasteiger partial charge in [-0.1, -0.05) is 11.6 Å². The number of nitrogens with zero attached hydrogens (tertiary/aromatic N) is 1. The number of benzene rings is 1. The maximum atomic E-state index is 13.1. The second-order valence-electron chi connectivity index (χ2n) is 4.52. The summed E-state index contributed by atoms with van der Waals surface area (Å²) in [6.45, 7) is 0. The third kappa shape index (κ3) is 3.85. The van der Waals surface area contributed by atoms with Crippen LogP contribution in [0.4, 0.5) is 10.1 Å². The topological polar surface area (TPSA) is 81.7 Å². The van der Waals surface area contributed by atoms with Gasteiger partial charge in [0.05, 0.1) is 5.02 Å². The van der Waals surface area contributed by atoms with Crippen LogP contribution in [0.15, 0.2) is 18.2 Å². The molecule has 0 saturated carbocycles. The Hall–Kier alpha value is -1.35. The van der Waals surface area contributed by atoms with Gasteiger partial charge in [-0.05, 0) is 31.7 Å². The second kappa shape index (κ2) is 6.61. The number of rotatable bonds is 3. The summed E-state index contributed by atoms with van der Waals surface area (Å²) in [5.74, 6) is -1.96. The second-order valence-corrected chi connectivity index (χ2v) is 5.92. The average molecular weight is 334 g/mol. The molecule has 2 unspecified atom stereocenters. The van der Waals surface area contributed by atoms with E-state index >= 15 is 0 Å². The number of likely N-dealkylation sites (N-methyl/N-ethyl adjacent to an activating group) is 1. The molecule has 0 bridgehead atoms. The van der Waals surface area contributed by atoms with Crippen LogP contribution in [0, 0.1) is 5.82 Å². The van der Waals surface area contributed by atoms with Crippen molar-refractivity contribution in [2.45, 2.75) is 18.5 Å². The molecule has 6 nitrogen and oxygen atoms in total. The lowest BCUT2D eigenvalue weighted by atomic mass is 10.1. The van der Waals surface area contributed by atoms with Gasteiger partial charge in [0, 0.05) is 17.8 Å². The Labute approximate surface area is 129 Å². The molecule has 0 radical (unpaired) electrons. The normalized spacial score (nSPS) is 22.8. The number of aliphatic carboxylic acids is 1. The summed E-state index contributed by atoms with van der Waals surface area (Å²) in [4.78, 5) is 23.2. The summed E-state index contributed by atoms with van der Waals surface area (Å²) < 4.78 is 17.4. The zero-order valence-corrected chi connectivity index (χ0v) is 12.5. The molecule has 2 atom stereocenters. The smallest absolute Gasteiger partial charge is 0.321 e. The molecule has 2 rings (SSSR count). The number of halogens is 2. The summed E-state index contributed by atoms with van der Waals surface area (Å²) in [6.07, 6.45) is 0.125. The van der Waals surface area contributed by atoms with Crippen molar-refractivity contribution in [3.05, 3.63) is 29.0 Å². The summed E-state index contributed by atoms with van der Waals surface area (Å²) in [7, 11) is 1.68. The van der Waals surface area contributed by atoms with Gasteiger partial charge in [-0.15, -0.1) is 0 Å². The van der Waals surface area contributed by atoms with Crippen molar-refractivity contribution in [1.82, 2.24) is 9.03 Å². The van der Waals surface area contributed by atoms with Crippen LogP contribution in [-0.2, 0) is 9.59 Å². The highest BCUT2D eigenvalue weighted by Crippen LogP contribution is 2.24. The molecule has 21 heavy (non-hydrogen) atoms. The van der Waals surface area contributed by atoms with E-state index < -0.39 is 23.9 Å². The van der Waals surface area contributed by atoms with Gasteiger partial charge < -0.3 is 10.4 Å². The zero-order valence-electron chi connectivity index (χ0n) is 11.0. The maximum Gasteiger partial charge on any atom is 0.321 e. The number of carbonyl (C=O) groups is 2. The number of carboxylic acid groups (broad SMARTS) is 1. The number of anilines is 1. The van der Waals surface area contributed by atoms with Crippen molar-refractivity contribution in [2.24, 2.45) is 0 Å². The van der Waals surface area contributed by atoms with Gasteiger partial charge in [0.15, 0.2) is 0 Å². The first kappa shape index (κ1) is 16.0. The van der Waals surface area contributed by atoms with E-state index in [9.17, 15) is 14.0 Å². The molecule has 3 N–H and O–H groups in total. The SMILES string of the molecule is CN1SNC(C(=O)O)CC1C(=O)Nc1ccc(F)c(Cl)c1. The molecule has 1 amide bonds. The first-order valence-corrected chi connectivity index (χ1v) is 7.17. The van der Waals surface area contributed by atoms with Crippen LogP contribution < -0.4 is 10.0 Å². The highest BCUT2D eigenvalue weighted by Gasteiger charge is 2.35. The fraction of sp³-hybridized carbons (Fsp3) is 0.333. The van der Waals surface area contributed by atoms with E-state index in [1.54, 1.807) is 11.4 Å². The largest absolute Gasteiger partial charge is 0.480 e. The highest BCUT2D eigenvalue weighted by atomic mass is 35.5. The molecule has 1 saturated heterocycles. The predicted molar refractivity (Wildman–Crippen MR) is 78.4 cm³/mol. The quantitative estimate of drug-likeness (QED) is 0.731. The third-order valence-electron chi connectivity index (χ3n) is 3.02. The van der Waals surface area contributed by atoms with E-state index in [0.29, 0.717) is 5.69 Å². The number of nitrogens with one attached hydrogen (secondary N) is 2. The van der Waals surface area contributed by atoms with Crippen molar-refractivity contribution in [2.75, 3.05) is 12.4 Å². The van der Waals surface area contributed by atoms with Crippen molar-refractivity contribution < 1.29 is 19.1 Å². The minimum absolute atomic E-state index is 0.0933. The Bertz CT molecular complexity index is 575. The molecule has 1 fully saturated rings. The third-order valence-corrected chi connectivity index (χ3v) is 4.25. The first-order valence-electron chi connectivity index (χ1n) is 6.02. The van der Waals surface area contributed by atoms with Gasteiger partial charge in [-0.2, -0.15) is 0 Å². The van der Waals surface area contributed by atoms with Crippen molar-refractivity contribution in [3.8, 4) is 0 Å². The van der Waals surface area contributed by atoms with E-state index in [2.05, 4.69) is 10.0 Å². The molecule has 9 heteroatoms. The standard InChI is InChI=1S/C12H13ClFN3O3S/c1-17-10(5-9(12(19)20)16-21-17)11(18)15-6-2-3-8(14)7(13)4-6/h2-4,9-10,16H,5H2,1H3,(H,15,18)(H,19,20). The van der Waals surface area contributed by atoms with E-state index in [0.717, 1.165) is 18.2 Å². The van der Waals surface area contributed by atoms with Crippen LogP contribution in [0.3, 0.4) is 0 Å². The Kier molecular flexibility index (Phi) is 5.04. The van der Waals surface area contributed by atoms with Gasteiger partial charge in [0.25, 0.3) is 0 Å². The molecule has 0 spiro atoms. The molecule has 1 aromatic rings. The lowest BCUT2D eigenvalue weighted by Crippen LogP contribution is -2.51. The van der Waals surface area contributed by atoms with Crippen LogP contribution in [0.25, 0.3) is 0 Å². The minimum atomic E-state index is -1.02. The van der Waals surface area contributed by atoms with E-state index in [1.807, 2.05) is 0 Å². The van der Waals surface area contributed by atoms with E-state index in [4.69, 9.17) is 16.7 Å². The van der Waals surface area contributed by atoms with Gasteiger partial charge in [0.2, 0.25) is 5.91 Å². The van der Waals surface area contributed by atoms with Crippen LogP contribution in [0.5, 0.6) is 0 Å². The number of carbonyl (C=O) groups excluding carboxylic acids is 1. The molecular weight excluding hydrogens is 321 g/mol. The Balaban J connectivity index is 2.07. The average Bonchev–Trinajstić information content (AvgIpc) is 2.43. The van der Waals surface area contributed by atoms with Crippen LogP contribution in [0.2, 0.25) is 5.02 Å². The first-order chi connectivity index (χ1) is 9.88. The molecule has 1 heterocycles. The fourth-order valence-corrected chi connectivity index (χ4v) is 2.83. The fourth-order valence-electron chi connectivity index (χ4n) is 1.85. The summed E-state index contributed by atoms with van der Waals surface area (Å²) in [5.41, 5.74) is 0.357. The molecule has 0 aromatic heterocycles. The van der Waals surface area contributed by atoms with E-state index in [-0.39, 0.29) is 17.4 Å². The lowest BCUT2D eigenvalue weighted by molar-refractivity contribution is -0.139. The minimum Gasteiger partial charge on any atom is -0.480 e. The summed E-state index contributed by atoms with van der Waals surface area (Å²) in [6, 6.07) is 2.42. The summed E-state index contributed by atoms with van der Waals surface area (Å²) in [5, 5.41) is 11.5. The van der Waals surface area contributed by atoms with Crippen LogP contribution in [0.1, 0.15) is 6.42 Å². The number of amides is 1. The zero-order chi connectivity index (χ0) is 15.6. The number of hydrogen-bond donors (Lipinski definition) is 3. The molecule has 1 aromatic carbocycles. The number of carboxylic acids is 1. The van der Waals surface area contributed by atoms with Gasteiger partial charge in [0.1, 0.15) is 17.9 Å². The van der Waals surface area contributed by atoms with Crippen molar-refractivity contribution in [1.29, 1.82) is 0 Å². The molecule has 1 aliphatic rings. The van der Waals surface area contributed by atoms with Crippen LogP contribution >= 0.6 is 23.7 Å². The monoisotopic (exact) mass is 333 g/mol. The van der Waals surface area contributed by atoms with Gasteiger partial charge in [-0.3, -0.25) is 9.59 Å².